The highest BCUT2D eigenvalue weighted by Crippen LogP contribution is 2.49. The number of anilines is 1. The Morgan fingerprint density at radius 1 is 1.02 bits per heavy atom. The average molecular weight is 758 g/mol. The number of benzene rings is 1. The number of hydrogen-bond donors (Lipinski definition) is 2. The van der Waals surface area contributed by atoms with Crippen LogP contribution in [0.1, 0.15) is 105 Å². The van der Waals surface area contributed by atoms with Gasteiger partial charge in [-0.2, -0.15) is 10.2 Å². The number of nitrogens with two attached hydrogens (primary N) is 1. The van der Waals surface area contributed by atoms with Crippen LogP contribution in [0.3, 0.4) is 0 Å². The maximum atomic E-state index is 14.7. The zero-order valence-electron chi connectivity index (χ0n) is 31.5. The van der Waals surface area contributed by atoms with Gasteiger partial charge in [0, 0.05) is 12.8 Å². The molecule has 0 radical (unpaired) electrons. The molecule has 1 aliphatic heterocycles. The van der Waals surface area contributed by atoms with Crippen LogP contribution in [-0.2, 0) is 53.4 Å². The number of nitrogens with zero attached hydrogens (tertiary/aromatic N) is 3. The van der Waals surface area contributed by atoms with Gasteiger partial charge in [-0.05, 0) is 74.8 Å². The highest BCUT2D eigenvalue weighted by molar-refractivity contribution is 7.52. The van der Waals surface area contributed by atoms with Crippen LogP contribution in [0.2, 0.25) is 0 Å². The largest absolute Gasteiger partial charge is 0.461 e. The minimum atomic E-state index is -4.40. The lowest BCUT2D eigenvalue weighted by molar-refractivity contribution is -0.170. The Morgan fingerprint density at radius 3 is 2.32 bits per heavy atom. The van der Waals surface area contributed by atoms with Gasteiger partial charge in [0.25, 0.3) is 0 Å². The molecule has 1 saturated heterocycles. The predicted octanol–water partition coefficient (Wildman–Crippen LogP) is 5.92. The first-order valence-corrected chi connectivity index (χ1v) is 19.8. The van der Waals surface area contributed by atoms with Crippen LogP contribution in [0.15, 0.2) is 42.7 Å². The Kier molecular flexibility index (Phi) is 12.5. The molecule has 15 nitrogen and oxygen atoms in total. The van der Waals surface area contributed by atoms with Crippen LogP contribution in [-0.4, -0.2) is 69.6 Å². The van der Waals surface area contributed by atoms with Gasteiger partial charge in [0.15, 0.2) is 18.0 Å². The van der Waals surface area contributed by atoms with Crippen molar-refractivity contribution in [2.45, 2.75) is 135 Å². The van der Waals surface area contributed by atoms with Crippen LogP contribution in [0, 0.1) is 0 Å². The number of ether oxygens (including phenoxy) is 4. The molecule has 2 aromatic heterocycles. The molecule has 1 aliphatic carbocycles. The van der Waals surface area contributed by atoms with Crippen molar-refractivity contribution in [3.05, 3.63) is 54.0 Å². The Bertz CT molecular complexity index is 1810. The topological polar surface area (TPSA) is 192 Å². The summed E-state index contributed by atoms with van der Waals surface area (Å²) in [6.07, 6.45) is 2.07. The van der Waals surface area contributed by atoms with Crippen molar-refractivity contribution in [2.24, 2.45) is 0 Å². The van der Waals surface area contributed by atoms with Gasteiger partial charge < -0.3 is 29.2 Å². The Morgan fingerprint density at radius 2 is 1.68 bits per heavy atom. The molecule has 1 unspecified atom stereocenters. The molecule has 0 amide bonds. The molecule has 6 atom stereocenters. The smallest absolute Gasteiger partial charge is 0.459 e. The maximum Gasteiger partial charge on any atom is 0.459 e. The van der Waals surface area contributed by atoms with Gasteiger partial charge in [-0.25, -0.2) is 14.1 Å². The van der Waals surface area contributed by atoms with Crippen molar-refractivity contribution in [1.82, 2.24) is 19.7 Å². The highest BCUT2D eigenvalue weighted by atomic mass is 31.2. The van der Waals surface area contributed by atoms with Gasteiger partial charge in [0.1, 0.15) is 41.4 Å². The maximum absolute atomic E-state index is 14.7. The summed E-state index contributed by atoms with van der Waals surface area (Å²) in [4.78, 5) is 43.0. The summed E-state index contributed by atoms with van der Waals surface area (Å²) in [6.45, 7) is 12.2. The predicted molar refractivity (Wildman–Crippen MR) is 195 cm³/mol. The first kappa shape index (κ1) is 40.2. The van der Waals surface area contributed by atoms with E-state index in [0.29, 0.717) is 11.2 Å². The van der Waals surface area contributed by atoms with Gasteiger partial charge >= 0.3 is 25.7 Å². The molecular weight excluding hydrogens is 705 g/mol. The van der Waals surface area contributed by atoms with E-state index in [1.165, 1.54) is 17.8 Å². The van der Waals surface area contributed by atoms with E-state index in [0.717, 1.165) is 37.7 Å². The van der Waals surface area contributed by atoms with Crippen LogP contribution in [0.25, 0.3) is 5.52 Å². The minimum Gasteiger partial charge on any atom is -0.461 e. The minimum absolute atomic E-state index is 0.0153. The zero-order chi connectivity index (χ0) is 38.6. The second-order valence-corrected chi connectivity index (χ2v) is 16.4. The highest BCUT2D eigenvalue weighted by Gasteiger charge is 2.59. The normalized spacial score (nSPS) is 23.9. The lowest BCUT2D eigenvalue weighted by Crippen LogP contribution is -2.45. The molecule has 53 heavy (non-hydrogen) atoms. The van der Waals surface area contributed by atoms with Crippen LogP contribution < -0.4 is 15.3 Å². The third kappa shape index (κ3) is 9.37. The Hall–Kier alpha value is -4.04. The van der Waals surface area contributed by atoms with Gasteiger partial charge in [0.2, 0.25) is 0 Å². The number of carbonyl (C=O) groups is 3. The first-order valence-electron chi connectivity index (χ1n) is 18.2. The fourth-order valence-corrected chi connectivity index (χ4v) is 8.06. The molecule has 2 aliphatic rings. The van der Waals surface area contributed by atoms with E-state index in [4.69, 9.17) is 33.7 Å². The second kappa shape index (κ2) is 16.5. The van der Waals surface area contributed by atoms with Crippen LogP contribution in [0.5, 0.6) is 5.75 Å². The molecule has 1 aromatic carbocycles. The molecule has 0 bridgehead atoms. The molecular formula is C37H52N5O10P. The quantitative estimate of drug-likeness (QED) is 0.112. The summed E-state index contributed by atoms with van der Waals surface area (Å²) < 4.78 is 52.4. The third-order valence-corrected chi connectivity index (χ3v) is 11.2. The molecule has 3 heterocycles. The molecule has 1 saturated carbocycles. The van der Waals surface area contributed by atoms with Crippen molar-refractivity contribution in [2.75, 3.05) is 12.3 Å². The molecule has 3 N–H and O–H groups in total. The number of carbonyl (C=O) groups excluding carboxylic acids is 3. The molecule has 5 rings (SSSR count). The monoisotopic (exact) mass is 757 g/mol. The lowest BCUT2D eigenvalue weighted by atomic mass is 9.87. The number of hydrogen-bond acceptors (Lipinski definition) is 13. The fourth-order valence-electron chi connectivity index (χ4n) is 6.55. The van der Waals surface area contributed by atoms with E-state index in [1.54, 1.807) is 45.0 Å². The summed E-state index contributed by atoms with van der Waals surface area (Å²) in [5.74, 6) is -1.33. The van der Waals surface area contributed by atoms with E-state index >= 15 is 0 Å². The average Bonchev–Trinajstić information content (AvgIpc) is 3.68. The molecule has 0 spiro atoms. The number of esters is 3. The standard InChI is InChI=1S/C37H52N5O10P/c1-8-30(43)49-32-28(51-37(7,33(32)50-31(44)9-2)29-20-19-27-34(38)39-22-40-42(27)29)21-47-53(46,52-26-17-15-24(16-18-26)36(4,5)6)41-23(3)35(45)48-25-13-11-10-12-14-25/h15-20,22-23,25,28,32-33H,8-14,21H2,1-7H3,(H,41,46)(H2,38,39,40)/t23-,28+,32+,33+,37-,53?/m0/s1. The van der Waals surface area contributed by atoms with Gasteiger partial charge in [-0.15, -0.1) is 0 Å². The van der Waals surface area contributed by atoms with Crippen LogP contribution in [0.4, 0.5) is 5.82 Å². The number of nitrogens with one attached hydrogen (secondary N) is 1. The number of aromatic nitrogens is 3. The molecule has 290 valence electrons. The zero-order valence-corrected chi connectivity index (χ0v) is 32.4. The SMILES string of the molecule is CCC(=O)O[C@H]1[C@@H](OC(=O)CC)[C@](C)(c2ccc3c(N)ncnn23)O[C@@H]1COP(=O)(N[C@@H](C)C(=O)OC1CCCCC1)Oc1ccc(C(C)(C)C)cc1. The fraction of sp³-hybridized carbons (Fsp3) is 0.595. The summed E-state index contributed by atoms with van der Waals surface area (Å²) in [7, 11) is -4.40. The van der Waals surface area contributed by atoms with E-state index in [-0.39, 0.29) is 35.9 Å². The summed E-state index contributed by atoms with van der Waals surface area (Å²) >= 11 is 0. The van der Waals surface area contributed by atoms with Crippen molar-refractivity contribution in [3.63, 3.8) is 0 Å². The molecule has 2 fully saturated rings. The lowest BCUT2D eigenvalue weighted by Gasteiger charge is -2.31. The van der Waals surface area contributed by atoms with Crippen LogP contribution >= 0.6 is 7.75 Å². The Labute approximate surface area is 310 Å². The summed E-state index contributed by atoms with van der Waals surface area (Å²) in [5, 5.41) is 7.10. The van der Waals surface area contributed by atoms with Gasteiger partial charge in [0.05, 0.1) is 12.3 Å². The van der Waals surface area contributed by atoms with Crippen molar-refractivity contribution in [3.8, 4) is 5.75 Å². The van der Waals surface area contributed by atoms with Gasteiger partial charge in [-0.3, -0.25) is 18.9 Å². The second-order valence-electron chi connectivity index (χ2n) is 14.7. The van der Waals surface area contributed by atoms with Gasteiger partial charge in [-0.1, -0.05) is 53.2 Å². The Balaban J connectivity index is 1.47. The summed E-state index contributed by atoms with van der Waals surface area (Å²) in [5.41, 5.74) is 6.41. The van der Waals surface area contributed by atoms with Crippen molar-refractivity contribution >= 4 is 37.0 Å². The number of rotatable bonds is 14. The first-order chi connectivity index (χ1) is 25.1. The van der Waals surface area contributed by atoms with E-state index < -0.39 is 62.2 Å². The number of nitrogen functional groups attached to an aromatic ring is 1. The van der Waals surface area contributed by atoms with E-state index in [2.05, 4.69) is 35.9 Å². The summed E-state index contributed by atoms with van der Waals surface area (Å²) in [6, 6.07) is 9.36. The van der Waals surface area contributed by atoms with E-state index in [1.807, 2.05) is 12.1 Å². The molecule has 3 aromatic rings. The van der Waals surface area contributed by atoms with Crippen molar-refractivity contribution < 1.29 is 46.9 Å². The van der Waals surface area contributed by atoms with E-state index in [9.17, 15) is 18.9 Å². The number of fused-ring (bicyclic) bond motifs is 1. The molecule has 16 heteroatoms. The third-order valence-electron chi connectivity index (χ3n) is 9.59. The van der Waals surface area contributed by atoms with Crippen molar-refractivity contribution in [1.29, 1.82) is 0 Å².